The standard InChI is InChI=1S/C16H20N4O3S/c1-4-20(5-2)24(22,23)14-8-6-7-13(9-14)19-16(21)15-11-17-12(3)10-18-15/h6-11H,4-5H2,1-3H3,(H,19,21). The number of sulfonamides is 1. The fourth-order valence-electron chi connectivity index (χ4n) is 2.15. The summed E-state index contributed by atoms with van der Waals surface area (Å²) in [7, 11) is -3.58. The Bertz CT molecular complexity index is 815. The number of aromatic nitrogens is 2. The third-order valence-electron chi connectivity index (χ3n) is 3.45. The Balaban J connectivity index is 2.24. The summed E-state index contributed by atoms with van der Waals surface area (Å²) in [4.78, 5) is 20.3. The normalized spacial score (nSPS) is 11.5. The molecule has 0 aliphatic rings. The zero-order chi connectivity index (χ0) is 17.7. The minimum atomic E-state index is -3.58. The van der Waals surface area contributed by atoms with Crippen LogP contribution in [-0.2, 0) is 10.0 Å². The van der Waals surface area contributed by atoms with E-state index in [1.165, 1.54) is 28.8 Å². The maximum atomic E-state index is 12.5. The molecule has 0 unspecified atom stereocenters. The van der Waals surface area contributed by atoms with Crippen molar-refractivity contribution in [3.63, 3.8) is 0 Å². The number of hydrogen-bond acceptors (Lipinski definition) is 5. The molecule has 1 amide bonds. The van der Waals surface area contributed by atoms with E-state index in [0.29, 0.717) is 24.5 Å². The van der Waals surface area contributed by atoms with Crippen LogP contribution in [0.1, 0.15) is 30.0 Å². The Kier molecular flexibility index (Phi) is 5.63. The van der Waals surface area contributed by atoms with Gasteiger partial charge >= 0.3 is 0 Å². The van der Waals surface area contributed by atoms with E-state index in [9.17, 15) is 13.2 Å². The second-order valence-electron chi connectivity index (χ2n) is 5.11. The SMILES string of the molecule is CCN(CC)S(=O)(=O)c1cccc(NC(=O)c2cnc(C)cn2)c1. The number of rotatable bonds is 6. The number of nitrogens with zero attached hydrogens (tertiary/aromatic N) is 3. The van der Waals surface area contributed by atoms with Gasteiger partial charge in [-0.25, -0.2) is 13.4 Å². The lowest BCUT2D eigenvalue weighted by Gasteiger charge is -2.18. The Labute approximate surface area is 141 Å². The van der Waals surface area contributed by atoms with Crippen LogP contribution in [0.4, 0.5) is 5.69 Å². The van der Waals surface area contributed by atoms with Crippen LogP contribution in [-0.4, -0.2) is 41.7 Å². The molecule has 0 atom stereocenters. The molecule has 0 radical (unpaired) electrons. The minimum Gasteiger partial charge on any atom is -0.321 e. The van der Waals surface area contributed by atoms with Crippen molar-refractivity contribution < 1.29 is 13.2 Å². The van der Waals surface area contributed by atoms with Crippen LogP contribution in [0.25, 0.3) is 0 Å². The number of carbonyl (C=O) groups excluding carboxylic acids is 1. The fraction of sp³-hybridized carbons (Fsp3) is 0.312. The van der Waals surface area contributed by atoms with E-state index < -0.39 is 15.9 Å². The van der Waals surface area contributed by atoms with Gasteiger partial charge in [0, 0.05) is 25.0 Å². The molecule has 1 aromatic carbocycles. The number of nitrogens with one attached hydrogen (secondary N) is 1. The average Bonchev–Trinajstić information content (AvgIpc) is 2.56. The molecule has 0 aliphatic carbocycles. The number of aryl methyl sites for hydroxylation is 1. The van der Waals surface area contributed by atoms with Gasteiger partial charge in [0.15, 0.2) is 0 Å². The van der Waals surface area contributed by atoms with Crippen molar-refractivity contribution >= 4 is 21.6 Å². The summed E-state index contributed by atoms with van der Waals surface area (Å²) in [6.07, 6.45) is 2.87. The summed E-state index contributed by atoms with van der Waals surface area (Å²) >= 11 is 0. The van der Waals surface area contributed by atoms with Crippen molar-refractivity contribution in [1.29, 1.82) is 0 Å². The number of hydrogen-bond donors (Lipinski definition) is 1. The van der Waals surface area contributed by atoms with Gasteiger partial charge in [-0.3, -0.25) is 9.78 Å². The minimum absolute atomic E-state index is 0.138. The first-order chi connectivity index (χ1) is 11.4. The molecule has 1 N–H and O–H groups in total. The molecule has 1 aromatic heterocycles. The summed E-state index contributed by atoms with van der Waals surface area (Å²) < 4.78 is 26.4. The van der Waals surface area contributed by atoms with E-state index in [1.807, 2.05) is 0 Å². The maximum absolute atomic E-state index is 12.5. The Morgan fingerprint density at radius 2 is 1.88 bits per heavy atom. The Morgan fingerprint density at radius 1 is 1.17 bits per heavy atom. The van der Waals surface area contributed by atoms with Crippen molar-refractivity contribution in [2.45, 2.75) is 25.7 Å². The first-order valence-corrected chi connectivity index (χ1v) is 9.02. The van der Waals surface area contributed by atoms with Gasteiger partial charge in [-0.1, -0.05) is 19.9 Å². The predicted molar refractivity (Wildman–Crippen MR) is 91.3 cm³/mol. The van der Waals surface area contributed by atoms with Crippen molar-refractivity contribution in [2.75, 3.05) is 18.4 Å². The van der Waals surface area contributed by atoms with E-state index in [-0.39, 0.29) is 10.6 Å². The van der Waals surface area contributed by atoms with Gasteiger partial charge < -0.3 is 5.32 Å². The molecule has 0 spiro atoms. The highest BCUT2D eigenvalue weighted by atomic mass is 32.2. The van der Waals surface area contributed by atoms with E-state index in [2.05, 4.69) is 15.3 Å². The van der Waals surface area contributed by atoms with Crippen LogP contribution in [0, 0.1) is 6.92 Å². The first-order valence-electron chi connectivity index (χ1n) is 7.58. The zero-order valence-corrected chi connectivity index (χ0v) is 14.7. The molecule has 128 valence electrons. The molecule has 1 heterocycles. The molecule has 0 saturated heterocycles. The van der Waals surface area contributed by atoms with Crippen LogP contribution < -0.4 is 5.32 Å². The second-order valence-corrected chi connectivity index (χ2v) is 7.05. The first kappa shape index (κ1) is 18.0. The molecule has 0 bridgehead atoms. The molecule has 2 rings (SSSR count). The van der Waals surface area contributed by atoms with Gasteiger partial charge in [0.05, 0.1) is 16.8 Å². The number of carbonyl (C=O) groups is 1. The van der Waals surface area contributed by atoms with Crippen molar-refractivity contribution in [3.05, 3.63) is 48.0 Å². The number of amides is 1. The van der Waals surface area contributed by atoms with Gasteiger partial charge in [-0.2, -0.15) is 4.31 Å². The van der Waals surface area contributed by atoms with Crippen molar-refractivity contribution in [3.8, 4) is 0 Å². The number of benzene rings is 1. The maximum Gasteiger partial charge on any atom is 0.275 e. The van der Waals surface area contributed by atoms with Crippen LogP contribution in [0.3, 0.4) is 0 Å². The van der Waals surface area contributed by atoms with Crippen LogP contribution in [0.2, 0.25) is 0 Å². The van der Waals surface area contributed by atoms with Gasteiger partial charge in [0.25, 0.3) is 5.91 Å². The molecular weight excluding hydrogens is 328 g/mol. The third kappa shape index (κ3) is 3.95. The molecule has 0 aliphatic heterocycles. The zero-order valence-electron chi connectivity index (χ0n) is 13.9. The van der Waals surface area contributed by atoms with Crippen LogP contribution >= 0.6 is 0 Å². The summed E-state index contributed by atoms with van der Waals surface area (Å²) in [5.74, 6) is -0.445. The Hall–Kier alpha value is -2.32. The van der Waals surface area contributed by atoms with Crippen molar-refractivity contribution in [2.24, 2.45) is 0 Å². The fourth-order valence-corrected chi connectivity index (χ4v) is 3.66. The van der Waals surface area contributed by atoms with E-state index in [1.54, 1.807) is 32.9 Å². The molecule has 2 aromatic rings. The van der Waals surface area contributed by atoms with Crippen LogP contribution in [0.15, 0.2) is 41.6 Å². The summed E-state index contributed by atoms with van der Waals surface area (Å²) in [5, 5.41) is 2.64. The second kappa shape index (κ2) is 7.50. The van der Waals surface area contributed by atoms with E-state index in [0.717, 1.165) is 0 Å². The molecule has 0 fully saturated rings. The highest BCUT2D eigenvalue weighted by Gasteiger charge is 2.22. The van der Waals surface area contributed by atoms with Crippen molar-refractivity contribution in [1.82, 2.24) is 14.3 Å². The quantitative estimate of drug-likeness (QED) is 0.863. The van der Waals surface area contributed by atoms with E-state index >= 15 is 0 Å². The average molecular weight is 348 g/mol. The molecule has 24 heavy (non-hydrogen) atoms. The molecule has 7 nitrogen and oxygen atoms in total. The summed E-state index contributed by atoms with van der Waals surface area (Å²) in [6.45, 7) is 6.10. The van der Waals surface area contributed by atoms with Gasteiger partial charge in [0.2, 0.25) is 10.0 Å². The summed E-state index contributed by atoms with van der Waals surface area (Å²) in [5.41, 5.74) is 1.26. The lowest BCUT2D eigenvalue weighted by Crippen LogP contribution is -2.30. The third-order valence-corrected chi connectivity index (χ3v) is 5.49. The largest absolute Gasteiger partial charge is 0.321 e. The van der Waals surface area contributed by atoms with Crippen LogP contribution in [0.5, 0.6) is 0 Å². The lowest BCUT2D eigenvalue weighted by atomic mass is 10.3. The predicted octanol–water partition coefficient (Wildman–Crippen LogP) is 2.07. The van der Waals surface area contributed by atoms with E-state index in [4.69, 9.17) is 0 Å². The Morgan fingerprint density at radius 3 is 2.46 bits per heavy atom. The highest BCUT2D eigenvalue weighted by molar-refractivity contribution is 7.89. The summed E-state index contributed by atoms with van der Waals surface area (Å²) in [6, 6.07) is 6.16. The molecular formula is C16H20N4O3S. The monoisotopic (exact) mass is 348 g/mol. The highest BCUT2D eigenvalue weighted by Crippen LogP contribution is 2.19. The van der Waals surface area contributed by atoms with Gasteiger partial charge in [-0.05, 0) is 25.1 Å². The molecule has 8 heteroatoms. The lowest BCUT2D eigenvalue weighted by molar-refractivity contribution is 0.102. The topological polar surface area (TPSA) is 92.3 Å². The van der Waals surface area contributed by atoms with Gasteiger partial charge in [-0.15, -0.1) is 0 Å². The smallest absolute Gasteiger partial charge is 0.275 e. The van der Waals surface area contributed by atoms with Gasteiger partial charge in [0.1, 0.15) is 5.69 Å². The molecule has 0 saturated carbocycles. The number of anilines is 1.